The minimum atomic E-state index is -0.263. The number of nitrogens with one attached hydrogen (secondary N) is 1. The topological polar surface area (TPSA) is 58.6 Å². The molecule has 1 aromatic rings. The highest BCUT2D eigenvalue weighted by Crippen LogP contribution is 2.18. The van der Waals surface area contributed by atoms with Crippen molar-refractivity contribution in [1.82, 2.24) is 10.2 Å². The van der Waals surface area contributed by atoms with Gasteiger partial charge in [0.2, 0.25) is 11.8 Å². The molecule has 26 heavy (non-hydrogen) atoms. The lowest BCUT2D eigenvalue weighted by Gasteiger charge is -2.30. The van der Waals surface area contributed by atoms with E-state index in [9.17, 15) is 9.59 Å². The molecule has 0 radical (unpaired) electrons. The van der Waals surface area contributed by atoms with Gasteiger partial charge in [0.05, 0.1) is 30.5 Å². The molecular weight excluding hydrogens is 328 g/mol. The van der Waals surface area contributed by atoms with E-state index in [-0.39, 0.29) is 30.9 Å². The van der Waals surface area contributed by atoms with Gasteiger partial charge in [-0.05, 0) is 24.6 Å². The Bertz CT molecular complexity index is 665. The van der Waals surface area contributed by atoms with Crippen LogP contribution in [0.3, 0.4) is 0 Å². The first-order valence-electron chi connectivity index (χ1n) is 8.80. The lowest BCUT2D eigenvalue weighted by Crippen LogP contribution is -2.46. The van der Waals surface area contributed by atoms with Gasteiger partial charge in [-0.15, -0.1) is 0 Å². The second-order valence-corrected chi connectivity index (χ2v) is 5.55. The highest BCUT2D eigenvalue weighted by Gasteiger charge is 2.27. The number of allylic oxidation sites excluding steroid dienone is 2. The Morgan fingerprint density at radius 3 is 2.50 bits per heavy atom. The number of benzene rings is 1. The summed E-state index contributed by atoms with van der Waals surface area (Å²) < 4.78 is 5.73. The van der Waals surface area contributed by atoms with Crippen LogP contribution in [0.4, 0.5) is 0 Å². The molecule has 2 rings (SSSR count). The van der Waals surface area contributed by atoms with E-state index < -0.39 is 0 Å². The molecule has 0 spiro atoms. The SMILES string of the molecule is C=CC1=C(C=C)N(C(=O)CC(C)OCc2ccccc2)CC(=O)N1.CC. The first-order chi connectivity index (χ1) is 12.5. The van der Waals surface area contributed by atoms with E-state index in [1.807, 2.05) is 51.1 Å². The molecule has 1 aliphatic rings. The van der Waals surface area contributed by atoms with Crippen LogP contribution in [0.25, 0.3) is 0 Å². The summed E-state index contributed by atoms with van der Waals surface area (Å²) in [6.45, 7) is 13.6. The van der Waals surface area contributed by atoms with Gasteiger partial charge >= 0.3 is 0 Å². The molecule has 5 heteroatoms. The van der Waals surface area contributed by atoms with Gasteiger partial charge in [0.25, 0.3) is 0 Å². The standard InChI is InChI=1S/C19H22N2O3.C2H6/c1-4-16-17(5-2)21(12-18(22)20-16)19(23)11-14(3)24-13-15-9-7-6-8-10-15;1-2/h4-10,14H,1-2,11-13H2,3H3,(H,20,22);1-2H3. The van der Waals surface area contributed by atoms with Crippen LogP contribution in [-0.4, -0.2) is 29.4 Å². The van der Waals surface area contributed by atoms with Crippen molar-refractivity contribution in [3.05, 3.63) is 72.6 Å². The summed E-state index contributed by atoms with van der Waals surface area (Å²) >= 11 is 0. The fraction of sp³-hybridized carbons (Fsp3) is 0.333. The Morgan fingerprint density at radius 1 is 1.27 bits per heavy atom. The van der Waals surface area contributed by atoms with Crippen LogP contribution in [0.15, 0.2) is 67.0 Å². The van der Waals surface area contributed by atoms with Crippen LogP contribution in [-0.2, 0) is 20.9 Å². The molecule has 1 atom stereocenters. The highest BCUT2D eigenvalue weighted by atomic mass is 16.5. The zero-order valence-corrected chi connectivity index (χ0v) is 15.8. The highest BCUT2D eigenvalue weighted by molar-refractivity contribution is 5.90. The van der Waals surface area contributed by atoms with Gasteiger partial charge in [0.1, 0.15) is 6.54 Å². The zero-order chi connectivity index (χ0) is 19.5. The molecule has 1 aliphatic heterocycles. The van der Waals surface area contributed by atoms with Crippen LogP contribution in [0.5, 0.6) is 0 Å². The Balaban J connectivity index is 0.00000163. The molecule has 1 unspecified atom stereocenters. The Labute approximate surface area is 156 Å². The van der Waals surface area contributed by atoms with Gasteiger partial charge in [-0.2, -0.15) is 0 Å². The van der Waals surface area contributed by atoms with Gasteiger partial charge in [-0.25, -0.2) is 0 Å². The molecule has 0 saturated heterocycles. The van der Waals surface area contributed by atoms with E-state index in [4.69, 9.17) is 4.74 Å². The van der Waals surface area contributed by atoms with Crippen molar-refractivity contribution in [1.29, 1.82) is 0 Å². The van der Waals surface area contributed by atoms with Gasteiger partial charge in [-0.1, -0.05) is 57.3 Å². The molecule has 1 heterocycles. The first kappa shape index (κ1) is 21.4. The quantitative estimate of drug-likeness (QED) is 0.813. The first-order valence-corrected chi connectivity index (χ1v) is 8.80. The summed E-state index contributed by atoms with van der Waals surface area (Å²) in [6, 6.07) is 9.77. The lowest BCUT2D eigenvalue weighted by atomic mass is 10.1. The number of rotatable bonds is 7. The monoisotopic (exact) mass is 356 g/mol. The van der Waals surface area contributed by atoms with Crippen LogP contribution < -0.4 is 5.32 Å². The van der Waals surface area contributed by atoms with E-state index in [1.165, 1.54) is 11.0 Å². The van der Waals surface area contributed by atoms with Crippen molar-refractivity contribution in [2.45, 2.75) is 39.9 Å². The molecule has 5 nitrogen and oxygen atoms in total. The summed E-state index contributed by atoms with van der Waals surface area (Å²) in [5, 5.41) is 2.68. The smallest absolute Gasteiger partial charge is 0.244 e. The Hall–Kier alpha value is -2.66. The van der Waals surface area contributed by atoms with E-state index in [1.54, 1.807) is 6.08 Å². The molecule has 0 bridgehead atoms. The van der Waals surface area contributed by atoms with E-state index in [2.05, 4.69) is 18.5 Å². The largest absolute Gasteiger partial charge is 0.373 e. The molecule has 0 aromatic heterocycles. The zero-order valence-electron chi connectivity index (χ0n) is 15.8. The van der Waals surface area contributed by atoms with E-state index in [0.717, 1.165) is 5.56 Å². The third-order valence-electron chi connectivity index (χ3n) is 3.68. The summed E-state index contributed by atoms with van der Waals surface area (Å²) in [7, 11) is 0. The number of hydrogen-bond donors (Lipinski definition) is 1. The normalized spacial score (nSPS) is 14.7. The van der Waals surface area contributed by atoms with Gasteiger partial charge < -0.3 is 15.0 Å². The number of nitrogens with zero attached hydrogens (tertiary/aromatic N) is 1. The van der Waals surface area contributed by atoms with Gasteiger partial charge in [0.15, 0.2) is 0 Å². The molecule has 2 amide bonds. The third kappa shape index (κ3) is 6.01. The molecule has 1 N–H and O–H groups in total. The van der Waals surface area contributed by atoms with Gasteiger partial charge in [-0.3, -0.25) is 9.59 Å². The van der Waals surface area contributed by atoms with Crippen molar-refractivity contribution in [3.8, 4) is 0 Å². The summed E-state index contributed by atoms with van der Waals surface area (Å²) in [4.78, 5) is 25.7. The van der Waals surface area contributed by atoms with Crippen molar-refractivity contribution < 1.29 is 14.3 Å². The lowest BCUT2D eigenvalue weighted by molar-refractivity contribution is -0.136. The van der Waals surface area contributed by atoms with Crippen molar-refractivity contribution >= 4 is 11.8 Å². The maximum atomic E-state index is 12.5. The predicted molar refractivity (Wildman–Crippen MR) is 104 cm³/mol. The van der Waals surface area contributed by atoms with Crippen LogP contribution in [0.2, 0.25) is 0 Å². The van der Waals surface area contributed by atoms with Crippen molar-refractivity contribution in [2.75, 3.05) is 6.54 Å². The Kier molecular flexibility index (Phi) is 9.09. The number of ether oxygens (including phenoxy) is 1. The molecular formula is C21H28N2O3. The fourth-order valence-corrected chi connectivity index (χ4v) is 2.45. The molecule has 140 valence electrons. The molecule has 0 aliphatic carbocycles. The summed E-state index contributed by atoms with van der Waals surface area (Å²) in [6.07, 6.45) is 2.97. The molecule has 0 saturated carbocycles. The van der Waals surface area contributed by atoms with Crippen molar-refractivity contribution in [2.24, 2.45) is 0 Å². The summed E-state index contributed by atoms with van der Waals surface area (Å²) in [5.74, 6) is -0.429. The number of amides is 2. The second-order valence-electron chi connectivity index (χ2n) is 5.55. The fourth-order valence-electron chi connectivity index (χ4n) is 2.45. The second kappa shape index (κ2) is 11.1. The maximum Gasteiger partial charge on any atom is 0.244 e. The number of hydrogen-bond acceptors (Lipinski definition) is 3. The predicted octanol–water partition coefficient (Wildman–Crippen LogP) is 3.55. The maximum absolute atomic E-state index is 12.5. The van der Waals surface area contributed by atoms with E-state index in [0.29, 0.717) is 18.0 Å². The minimum Gasteiger partial charge on any atom is -0.373 e. The third-order valence-corrected chi connectivity index (χ3v) is 3.68. The number of carbonyl (C=O) groups excluding carboxylic acids is 2. The Morgan fingerprint density at radius 2 is 1.92 bits per heavy atom. The van der Waals surface area contributed by atoms with Crippen molar-refractivity contribution in [3.63, 3.8) is 0 Å². The van der Waals surface area contributed by atoms with E-state index >= 15 is 0 Å². The molecule has 0 fully saturated rings. The summed E-state index contributed by atoms with van der Waals surface area (Å²) in [5.41, 5.74) is 2.10. The van der Waals surface area contributed by atoms with Gasteiger partial charge in [0, 0.05) is 0 Å². The van der Waals surface area contributed by atoms with Crippen LogP contribution in [0.1, 0.15) is 32.8 Å². The minimum absolute atomic E-state index is 0.0249. The van der Waals surface area contributed by atoms with Crippen LogP contribution in [0, 0.1) is 0 Å². The number of carbonyl (C=O) groups is 2. The molecule has 1 aromatic carbocycles. The van der Waals surface area contributed by atoms with Crippen LogP contribution >= 0.6 is 0 Å². The average molecular weight is 356 g/mol. The average Bonchev–Trinajstić information content (AvgIpc) is 2.67.